The largest absolute Gasteiger partial charge is 0.507 e. The van der Waals surface area contributed by atoms with Crippen molar-refractivity contribution in [1.82, 2.24) is 9.88 Å². The summed E-state index contributed by atoms with van der Waals surface area (Å²) in [5.41, 5.74) is 6.35. The fourth-order valence-electron chi connectivity index (χ4n) is 5.35. The number of fused-ring (bicyclic) bond motifs is 2. The molecule has 5 N–H and O–H groups in total. The zero-order valence-electron chi connectivity index (χ0n) is 18.9. The van der Waals surface area contributed by atoms with E-state index in [0.29, 0.717) is 39.9 Å². The average Bonchev–Trinajstić information content (AvgIpc) is 2.87. The number of aliphatic hydroxyl groups is 3. The quantitative estimate of drug-likeness (QED) is 0.369. The number of aromatic nitrogens is 1. The van der Waals surface area contributed by atoms with Gasteiger partial charge in [0.2, 0.25) is 0 Å². The molecule has 3 aromatic rings. The third kappa shape index (κ3) is 3.47. The van der Waals surface area contributed by atoms with Gasteiger partial charge in [-0.15, -0.1) is 0 Å². The molecule has 34 heavy (non-hydrogen) atoms. The minimum Gasteiger partial charge on any atom is -0.507 e. The number of carbonyl (C=O) groups is 1. The van der Waals surface area contributed by atoms with E-state index in [1.165, 1.54) is 6.20 Å². The summed E-state index contributed by atoms with van der Waals surface area (Å²) < 4.78 is 0. The summed E-state index contributed by atoms with van der Waals surface area (Å²) in [6.07, 6.45) is 4.39. The van der Waals surface area contributed by atoms with Crippen LogP contribution < -0.4 is 5.32 Å². The Labute approximate surface area is 197 Å². The van der Waals surface area contributed by atoms with Gasteiger partial charge in [0.1, 0.15) is 5.75 Å². The number of nitrogens with one attached hydrogen (secondary N) is 1. The first-order valence-corrected chi connectivity index (χ1v) is 11.3. The van der Waals surface area contributed by atoms with Crippen molar-refractivity contribution in [3.8, 4) is 16.9 Å². The number of benzene rings is 2. The molecule has 8 heteroatoms. The molecule has 2 heterocycles. The number of amides is 1. The maximum atomic E-state index is 13.0. The highest BCUT2D eigenvalue weighted by molar-refractivity contribution is 6.05. The molecule has 1 aliphatic heterocycles. The van der Waals surface area contributed by atoms with Crippen molar-refractivity contribution < 1.29 is 25.2 Å². The number of hydrogen-bond acceptors (Lipinski definition) is 7. The Morgan fingerprint density at radius 3 is 2.62 bits per heavy atom. The van der Waals surface area contributed by atoms with Crippen LogP contribution in [-0.4, -0.2) is 49.8 Å². The van der Waals surface area contributed by atoms with Crippen LogP contribution >= 0.6 is 0 Å². The van der Waals surface area contributed by atoms with Crippen molar-refractivity contribution in [2.45, 2.75) is 38.7 Å². The van der Waals surface area contributed by atoms with Crippen LogP contribution in [0.25, 0.3) is 11.1 Å². The summed E-state index contributed by atoms with van der Waals surface area (Å²) >= 11 is 0. The van der Waals surface area contributed by atoms with E-state index >= 15 is 0 Å². The van der Waals surface area contributed by atoms with E-state index in [2.05, 4.69) is 15.2 Å². The molecule has 176 valence electrons. The Kier molecular flexibility index (Phi) is 5.83. The molecule has 0 bridgehead atoms. The lowest BCUT2D eigenvalue weighted by Gasteiger charge is -2.42. The first-order chi connectivity index (χ1) is 16.5. The summed E-state index contributed by atoms with van der Waals surface area (Å²) in [6.45, 7) is -0.145. The molecule has 1 unspecified atom stereocenters. The highest BCUT2D eigenvalue weighted by atomic mass is 16.3. The second-order valence-electron chi connectivity index (χ2n) is 8.87. The first-order valence-electron chi connectivity index (χ1n) is 11.3. The average molecular weight is 462 g/mol. The van der Waals surface area contributed by atoms with Crippen molar-refractivity contribution in [3.05, 3.63) is 75.6 Å². The van der Waals surface area contributed by atoms with Crippen molar-refractivity contribution in [3.63, 3.8) is 0 Å². The number of likely N-dealkylation sites (N-methyl/N-ethyl adjacent to an activating group) is 1. The van der Waals surface area contributed by atoms with E-state index in [4.69, 9.17) is 0 Å². The molecule has 2 aliphatic rings. The summed E-state index contributed by atoms with van der Waals surface area (Å²) in [5, 5.41) is 44.5. The van der Waals surface area contributed by atoms with Crippen LogP contribution in [0.4, 0.5) is 5.69 Å². The Hall–Kier alpha value is -3.30. The maximum absolute atomic E-state index is 13.0. The number of pyridine rings is 1. The Bertz CT molecular complexity index is 1280. The van der Waals surface area contributed by atoms with E-state index < -0.39 is 6.61 Å². The van der Waals surface area contributed by atoms with Gasteiger partial charge < -0.3 is 25.7 Å². The van der Waals surface area contributed by atoms with Crippen molar-refractivity contribution >= 4 is 11.6 Å². The van der Waals surface area contributed by atoms with Crippen LogP contribution in [0.5, 0.6) is 5.75 Å². The van der Waals surface area contributed by atoms with Gasteiger partial charge in [-0.25, -0.2) is 0 Å². The standard InChI is InChI=1S/C26H27N3O5/c1-29-6-4-14-7-16(11-30)19(13-32)23-22(14)21(29)9-18-20(8-17(12-31)25(33)24(18)23)28-26(34)15-3-2-5-27-10-15/h2-3,5,7-8,10,21,30-33H,4,6,9,11-13H2,1H3,(H,28,34). The molecule has 0 saturated heterocycles. The number of rotatable bonds is 5. The predicted octanol–water partition coefficient (Wildman–Crippen LogP) is 2.27. The van der Waals surface area contributed by atoms with Gasteiger partial charge in [0.15, 0.2) is 0 Å². The fraction of sp³-hybridized carbons (Fsp3) is 0.308. The molecule has 1 atom stereocenters. The smallest absolute Gasteiger partial charge is 0.257 e. The minimum atomic E-state index is -0.422. The first kappa shape index (κ1) is 22.5. The van der Waals surface area contributed by atoms with Gasteiger partial charge >= 0.3 is 0 Å². The van der Waals surface area contributed by atoms with Gasteiger partial charge in [0.05, 0.1) is 25.4 Å². The van der Waals surface area contributed by atoms with Crippen molar-refractivity contribution in [2.24, 2.45) is 0 Å². The number of aromatic hydroxyl groups is 1. The van der Waals surface area contributed by atoms with Crippen LogP contribution in [-0.2, 0) is 32.7 Å². The number of carbonyl (C=O) groups excluding carboxylic acids is 1. The number of anilines is 1. The summed E-state index contributed by atoms with van der Waals surface area (Å²) in [6, 6.07) is 6.88. The monoisotopic (exact) mass is 461 g/mol. The van der Waals surface area contributed by atoms with E-state index in [-0.39, 0.29) is 36.5 Å². The van der Waals surface area contributed by atoms with Crippen molar-refractivity contribution in [1.29, 1.82) is 0 Å². The van der Waals surface area contributed by atoms with Gasteiger partial charge in [-0.1, -0.05) is 6.07 Å². The summed E-state index contributed by atoms with van der Waals surface area (Å²) in [4.78, 5) is 19.2. The second-order valence-corrected chi connectivity index (χ2v) is 8.87. The van der Waals surface area contributed by atoms with E-state index in [9.17, 15) is 25.2 Å². The molecule has 8 nitrogen and oxygen atoms in total. The molecule has 1 amide bonds. The zero-order valence-corrected chi connectivity index (χ0v) is 18.9. The number of aliphatic hydroxyl groups excluding tert-OH is 3. The van der Waals surface area contributed by atoms with E-state index in [0.717, 1.165) is 29.7 Å². The van der Waals surface area contributed by atoms with Crippen LogP contribution in [0.2, 0.25) is 0 Å². The second kappa shape index (κ2) is 8.81. The van der Waals surface area contributed by atoms with Gasteiger partial charge in [0.25, 0.3) is 5.91 Å². The zero-order chi connectivity index (χ0) is 24.0. The minimum absolute atomic E-state index is 0.0160. The molecule has 0 fully saturated rings. The molecular weight excluding hydrogens is 434 g/mol. The number of phenols is 1. The Morgan fingerprint density at radius 1 is 1.15 bits per heavy atom. The molecule has 1 aromatic heterocycles. The topological polar surface area (TPSA) is 126 Å². The summed E-state index contributed by atoms with van der Waals surface area (Å²) in [7, 11) is 2.04. The van der Waals surface area contributed by atoms with Gasteiger partial charge in [-0.05, 0) is 71.5 Å². The van der Waals surface area contributed by atoms with E-state index in [1.54, 1.807) is 24.4 Å². The maximum Gasteiger partial charge on any atom is 0.257 e. The van der Waals surface area contributed by atoms with Crippen LogP contribution in [0.15, 0.2) is 36.7 Å². The Morgan fingerprint density at radius 2 is 1.94 bits per heavy atom. The van der Waals surface area contributed by atoms with Crippen LogP contribution in [0.1, 0.15) is 49.8 Å². The molecule has 1 aliphatic carbocycles. The van der Waals surface area contributed by atoms with Crippen LogP contribution in [0.3, 0.4) is 0 Å². The number of nitrogens with zero attached hydrogens (tertiary/aromatic N) is 2. The molecule has 0 saturated carbocycles. The molecule has 0 spiro atoms. The van der Waals surface area contributed by atoms with Gasteiger partial charge in [-0.3, -0.25) is 14.7 Å². The Balaban J connectivity index is 1.78. The molecule has 2 aromatic carbocycles. The van der Waals surface area contributed by atoms with Crippen LogP contribution in [0, 0.1) is 0 Å². The van der Waals surface area contributed by atoms with Crippen molar-refractivity contribution in [2.75, 3.05) is 18.9 Å². The lowest BCUT2D eigenvalue weighted by molar-refractivity contribution is 0.102. The lowest BCUT2D eigenvalue weighted by Crippen LogP contribution is -2.36. The third-order valence-electron chi connectivity index (χ3n) is 7.06. The lowest BCUT2D eigenvalue weighted by atomic mass is 9.73. The summed E-state index contributed by atoms with van der Waals surface area (Å²) in [5.74, 6) is -0.421. The predicted molar refractivity (Wildman–Crippen MR) is 126 cm³/mol. The van der Waals surface area contributed by atoms with Gasteiger partial charge in [-0.2, -0.15) is 0 Å². The third-order valence-corrected chi connectivity index (χ3v) is 7.06. The highest BCUT2D eigenvalue weighted by Crippen LogP contribution is 2.53. The van der Waals surface area contributed by atoms with E-state index in [1.807, 2.05) is 13.1 Å². The molecular formula is C26H27N3O5. The highest BCUT2D eigenvalue weighted by Gasteiger charge is 2.38. The normalized spacial score (nSPS) is 16.6. The van der Waals surface area contributed by atoms with Gasteiger partial charge in [0, 0.05) is 41.8 Å². The SMILES string of the molecule is CN1CCc2cc(CO)c(CO)c3c2C1Cc1c(NC(=O)c2cccnc2)cc(CO)c(O)c1-3. The molecule has 0 radical (unpaired) electrons. The molecule has 5 rings (SSSR count). The number of hydrogen-bond donors (Lipinski definition) is 5. The fourth-order valence-corrected chi connectivity index (χ4v) is 5.35.